The van der Waals surface area contributed by atoms with Gasteiger partial charge in [0.05, 0.1) is 12.4 Å². The molecule has 6 heteroatoms. The summed E-state index contributed by atoms with van der Waals surface area (Å²) in [5, 5.41) is 0. The van der Waals surface area contributed by atoms with Gasteiger partial charge in [-0.3, -0.25) is 9.59 Å². The highest BCUT2D eigenvalue weighted by Gasteiger charge is 2.18. The molecular weight excluding hydrogens is 292 g/mol. The Hall–Kier alpha value is -2.24. The Morgan fingerprint density at radius 2 is 1.91 bits per heavy atom. The number of nitrogens with zero attached hydrogens (tertiary/aromatic N) is 3. The van der Waals surface area contributed by atoms with Gasteiger partial charge in [0.1, 0.15) is 11.4 Å². The van der Waals surface area contributed by atoms with Gasteiger partial charge in [-0.25, -0.2) is 9.97 Å². The van der Waals surface area contributed by atoms with Crippen LogP contribution in [0.25, 0.3) is 0 Å². The molecule has 0 atom stereocenters. The second-order valence-electron chi connectivity index (χ2n) is 5.80. The van der Waals surface area contributed by atoms with Gasteiger partial charge >= 0.3 is 0 Å². The van der Waals surface area contributed by atoms with Crippen LogP contribution in [0.2, 0.25) is 0 Å². The maximum Gasteiger partial charge on any atom is 0.274 e. The monoisotopic (exact) mass is 316 g/mol. The lowest BCUT2D eigenvalue weighted by molar-refractivity contribution is 0.0749. The van der Waals surface area contributed by atoms with E-state index in [1.165, 1.54) is 30.8 Å². The average molecular weight is 316 g/mol. The molecular formula is C17H24N4O2. The summed E-state index contributed by atoms with van der Waals surface area (Å²) in [6.45, 7) is 3.42. The van der Waals surface area contributed by atoms with E-state index in [4.69, 9.17) is 5.73 Å². The summed E-state index contributed by atoms with van der Waals surface area (Å²) in [4.78, 5) is 33.3. The lowest BCUT2D eigenvalue weighted by atomic mass is 9.97. The van der Waals surface area contributed by atoms with Gasteiger partial charge in [0.2, 0.25) is 0 Å². The standard InChI is InChI=1S/C17H24N4O2/c1-2-9-21(10-8-13-6-4-3-5-7-13)17(23)15-12-19-14(11-20-15)16(18)22/h6,11-12H,2-5,7-10H2,1H3,(H2,18,22). The number of allylic oxidation sites excluding steroid dienone is 1. The number of carbonyl (C=O) groups is 2. The molecule has 23 heavy (non-hydrogen) atoms. The molecule has 1 heterocycles. The van der Waals surface area contributed by atoms with Crippen LogP contribution in [0.3, 0.4) is 0 Å². The van der Waals surface area contributed by atoms with Gasteiger partial charge in [-0.05, 0) is 38.5 Å². The third-order valence-electron chi connectivity index (χ3n) is 3.99. The fourth-order valence-electron chi connectivity index (χ4n) is 2.72. The van der Waals surface area contributed by atoms with Gasteiger partial charge in [-0.2, -0.15) is 0 Å². The Morgan fingerprint density at radius 1 is 1.17 bits per heavy atom. The third kappa shape index (κ3) is 4.87. The van der Waals surface area contributed by atoms with Gasteiger partial charge in [0, 0.05) is 13.1 Å². The molecule has 1 aliphatic carbocycles. The number of aromatic nitrogens is 2. The summed E-state index contributed by atoms with van der Waals surface area (Å²) >= 11 is 0. The molecule has 2 amide bonds. The predicted molar refractivity (Wildman–Crippen MR) is 87.9 cm³/mol. The van der Waals surface area contributed by atoms with Crippen molar-refractivity contribution in [3.8, 4) is 0 Å². The Morgan fingerprint density at radius 3 is 2.48 bits per heavy atom. The van der Waals surface area contributed by atoms with E-state index in [0.717, 1.165) is 25.7 Å². The number of hydrogen-bond acceptors (Lipinski definition) is 4. The van der Waals surface area contributed by atoms with E-state index in [9.17, 15) is 9.59 Å². The fraction of sp³-hybridized carbons (Fsp3) is 0.529. The van der Waals surface area contributed by atoms with Gasteiger partial charge in [-0.15, -0.1) is 0 Å². The molecule has 0 bridgehead atoms. The van der Waals surface area contributed by atoms with Crippen LogP contribution in [0.15, 0.2) is 24.0 Å². The Labute approximate surface area is 136 Å². The first-order chi connectivity index (χ1) is 11.1. The van der Waals surface area contributed by atoms with Crippen LogP contribution in [-0.2, 0) is 0 Å². The highest BCUT2D eigenvalue weighted by Crippen LogP contribution is 2.20. The van der Waals surface area contributed by atoms with Crippen molar-refractivity contribution >= 4 is 11.8 Å². The zero-order valence-electron chi connectivity index (χ0n) is 13.6. The molecule has 0 unspecified atom stereocenters. The summed E-state index contributed by atoms with van der Waals surface area (Å²) < 4.78 is 0. The molecule has 1 aliphatic rings. The minimum atomic E-state index is -0.647. The maximum absolute atomic E-state index is 12.6. The average Bonchev–Trinajstić information content (AvgIpc) is 2.59. The van der Waals surface area contributed by atoms with E-state index in [1.54, 1.807) is 0 Å². The van der Waals surface area contributed by atoms with E-state index in [1.807, 2.05) is 11.8 Å². The Bertz CT molecular complexity index is 581. The van der Waals surface area contributed by atoms with Crippen LogP contribution in [0, 0.1) is 0 Å². The van der Waals surface area contributed by atoms with E-state index in [0.29, 0.717) is 13.1 Å². The van der Waals surface area contributed by atoms with Crippen molar-refractivity contribution in [2.75, 3.05) is 13.1 Å². The van der Waals surface area contributed by atoms with Crippen molar-refractivity contribution in [2.45, 2.75) is 45.4 Å². The normalized spacial score (nSPS) is 14.2. The molecule has 0 aromatic carbocycles. The van der Waals surface area contributed by atoms with E-state index >= 15 is 0 Å². The highest BCUT2D eigenvalue weighted by molar-refractivity contribution is 5.93. The molecule has 0 radical (unpaired) electrons. The maximum atomic E-state index is 12.6. The fourth-order valence-corrected chi connectivity index (χ4v) is 2.72. The first-order valence-electron chi connectivity index (χ1n) is 8.21. The smallest absolute Gasteiger partial charge is 0.274 e. The summed E-state index contributed by atoms with van der Waals surface area (Å²) in [6, 6.07) is 0. The third-order valence-corrected chi connectivity index (χ3v) is 3.99. The van der Waals surface area contributed by atoms with Crippen molar-refractivity contribution in [1.82, 2.24) is 14.9 Å². The zero-order valence-corrected chi connectivity index (χ0v) is 13.6. The molecule has 0 saturated heterocycles. The lowest BCUT2D eigenvalue weighted by Crippen LogP contribution is -2.33. The molecule has 1 aromatic rings. The SMILES string of the molecule is CCCN(CCC1=CCCCC1)C(=O)c1cnc(C(N)=O)cn1. The summed E-state index contributed by atoms with van der Waals surface area (Å²) in [5.74, 6) is -0.794. The minimum Gasteiger partial charge on any atom is -0.364 e. The van der Waals surface area contributed by atoms with Crippen molar-refractivity contribution in [2.24, 2.45) is 5.73 Å². The molecule has 1 aromatic heterocycles. The van der Waals surface area contributed by atoms with Crippen molar-refractivity contribution in [1.29, 1.82) is 0 Å². The number of carbonyl (C=O) groups excluding carboxylic acids is 2. The largest absolute Gasteiger partial charge is 0.364 e. The summed E-state index contributed by atoms with van der Waals surface area (Å²) in [6.07, 6.45) is 11.5. The summed E-state index contributed by atoms with van der Waals surface area (Å²) in [5.41, 5.74) is 6.90. The number of nitrogens with two attached hydrogens (primary N) is 1. The van der Waals surface area contributed by atoms with Gasteiger partial charge in [0.15, 0.2) is 0 Å². The van der Waals surface area contributed by atoms with Crippen LogP contribution in [0.5, 0.6) is 0 Å². The second kappa shape index (κ2) is 8.41. The van der Waals surface area contributed by atoms with Crippen LogP contribution in [0.1, 0.15) is 66.4 Å². The highest BCUT2D eigenvalue weighted by atomic mass is 16.2. The van der Waals surface area contributed by atoms with Gasteiger partial charge < -0.3 is 10.6 Å². The lowest BCUT2D eigenvalue weighted by Gasteiger charge is -2.23. The number of amides is 2. The van der Waals surface area contributed by atoms with Crippen LogP contribution in [0.4, 0.5) is 0 Å². The zero-order chi connectivity index (χ0) is 16.7. The Kier molecular flexibility index (Phi) is 6.26. The van der Waals surface area contributed by atoms with Crippen molar-refractivity contribution in [3.63, 3.8) is 0 Å². The van der Waals surface area contributed by atoms with E-state index in [2.05, 4.69) is 16.0 Å². The predicted octanol–water partition coefficient (Wildman–Crippen LogP) is 2.32. The van der Waals surface area contributed by atoms with E-state index < -0.39 is 5.91 Å². The molecule has 0 aliphatic heterocycles. The number of primary amides is 1. The van der Waals surface area contributed by atoms with Crippen molar-refractivity contribution < 1.29 is 9.59 Å². The number of rotatable bonds is 7. The van der Waals surface area contributed by atoms with Crippen LogP contribution < -0.4 is 5.73 Å². The molecule has 0 saturated carbocycles. The first kappa shape index (κ1) is 17.1. The van der Waals surface area contributed by atoms with Crippen LogP contribution >= 0.6 is 0 Å². The van der Waals surface area contributed by atoms with E-state index in [-0.39, 0.29) is 17.3 Å². The molecule has 124 valence electrons. The topological polar surface area (TPSA) is 89.2 Å². The first-order valence-corrected chi connectivity index (χ1v) is 8.21. The molecule has 2 rings (SSSR count). The van der Waals surface area contributed by atoms with Gasteiger partial charge in [-0.1, -0.05) is 18.6 Å². The molecule has 0 fully saturated rings. The molecule has 2 N–H and O–H groups in total. The molecule has 0 spiro atoms. The Balaban J connectivity index is 2.01. The summed E-state index contributed by atoms with van der Waals surface area (Å²) in [7, 11) is 0. The quantitative estimate of drug-likeness (QED) is 0.782. The minimum absolute atomic E-state index is 0.0657. The number of hydrogen-bond donors (Lipinski definition) is 1. The van der Waals surface area contributed by atoms with Crippen molar-refractivity contribution in [3.05, 3.63) is 35.4 Å². The second-order valence-corrected chi connectivity index (χ2v) is 5.80. The van der Waals surface area contributed by atoms with Gasteiger partial charge in [0.25, 0.3) is 11.8 Å². The van der Waals surface area contributed by atoms with Crippen LogP contribution in [-0.4, -0.2) is 39.8 Å². The molecule has 6 nitrogen and oxygen atoms in total.